The molecule has 0 saturated heterocycles. The molecule has 2 nitrogen and oxygen atoms in total. The van der Waals surface area contributed by atoms with Crippen molar-refractivity contribution >= 4 is 11.4 Å². The van der Waals surface area contributed by atoms with E-state index in [1.807, 2.05) is 13.8 Å². The quantitative estimate of drug-likeness (QED) is 0.280. The maximum atomic E-state index is 13.0. The number of benzene rings is 2. The summed E-state index contributed by atoms with van der Waals surface area (Å²) < 4.78 is 5.52. The molecule has 0 bridgehead atoms. The topological polar surface area (TPSA) is 26.3 Å². The summed E-state index contributed by atoms with van der Waals surface area (Å²) in [7, 11) is 1.74. The van der Waals surface area contributed by atoms with Gasteiger partial charge in [0.2, 0.25) is 0 Å². The Bertz CT molecular complexity index is 1030. The molecule has 2 aliphatic carbocycles. The van der Waals surface area contributed by atoms with E-state index in [-0.39, 0.29) is 0 Å². The number of fused-ring (bicyclic) bond motifs is 1. The van der Waals surface area contributed by atoms with Crippen molar-refractivity contribution in [3.8, 4) is 5.75 Å². The summed E-state index contributed by atoms with van der Waals surface area (Å²) in [6.45, 7) is 10.9. The van der Waals surface area contributed by atoms with Crippen LogP contribution in [0.5, 0.6) is 5.75 Å². The van der Waals surface area contributed by atoms with Gasteiger partial charge in [-0.3, -0.25) is 4.79 Å². The van der Waals surface area contributed by atoms with Crippen molar-refractivity contribution in [2.45, 2.75) is 117 Å². The molecule has 0 aliphatic heterocycles. The second-order valence-electron chi connectivity index (χ2n) is 11.4. The van der Waals surface area contributed by atoms with Gasteiger partial charge in [-0.1, -0.05) is 83.5 Å². The van der Waals surface area contributed by atoms with Crippen molar-refractivity contribution < 1.29 is 9.53 Å². The Kier molecular flexibility index (Phi) is 11.7. The average Bonchev–Trinajstić information content (AvgIpc) is 3.30. The van der Waals surface area contributed by atoms with E-state index in [0.29, 0.717) is 29.0 Å². The zero-order chi connectivity index (χ0) is 27.5. The van der Waals surface area contributed by atoms with Crippen LogP contribution in [0.25, 0.3) is 5.57 Å². The molecule has 2 aromatic carbocycles. The van der Waals surface area contributed by atoms with Gasteiger partial charge in [0, 0.05) is 18.8 Å². The van der Waals surface area contributed by atoms with Crippen molar-refractivity contribution in [2.75, 3.05) is 7.11 Å². The molecule has 0 N–H and O–H groups in total. The van der Waals surface area contributed by atoms with Gasteiger partial charge in [-0.05, 0) is 103 Å². The van der Waals surface area contributed by atoms with Gasteiger partial charge in [-0.25, -0.2) is 0 Å². The van der Waals surface area contributed by atoms with E-state index in [2.05, 4.69) is 75.4 Å². The van der Waals surface area contributed by atoms with E-state index in [1.54, 1.807) is 7.11 Å². The molecule has 0 heterocycles. The summed E-state index contributed by atoms with van der Waals surface area (Å²) in [6, 6.07) is 17.6. The van der Waals surface area contributed by atoms with Crippen LogP contribution < -0.4 is 4.74 Å². The van der Waals surface area contributed by atoms with Gasteiger partial charge in [0.05, 0.1) is 7.11 Å². The van der Waals surface area contributed by atoms with Gasteiger partial charge in [0.15, 0.2) is 0 Å². The van der Waals surface area contributed by atoms with Crippen LogP contribution in [0.1, 0.15) is 128 Å². The Morgan fingerprint density at radius 1 is 1.03 bits per heavy atom. The van der Waals surface area contributed by atoms with Gasteiger partial charge in [0.25, 0.3) is 0 Å². The maximum Gasteiger partial charge on any atom is 0.133 e. The second-order valence-corrected chi connectivity index (χ2v) is 11.4. The monoisotopic (exact) mass is 516 g/mol. The molecule has 208 valence electrons. The highest BCUT2D eigenvalue weighted by molar-refractivity contribution is 5.79. The lowest BCUT2D eigenvalue weighted by Crippen LogP contribution is -2.31. The molecule has 4 rings (SSSR count). The Balaban J connectivity index is 0.00000195. The summed E-state index contributed by atoms with van der Waals surface area (Å²) in [4.78, 5) is 13.0. The third kappa shape index (κ3) is 7.19. The fourth-order valence-electron chi connectivity index (χ4n) is 6.96. The molecule has 2 unspecified atom stereocenters. The molecule has 38 heavy (non-hydrogen) atoms. The van der Waals surface area contributed by atoms with Gasteiger partial charge >= 0.3 is 0 Å². The molecular weight excluding hydrogens is 464 g/mol. The molecule has 2 atom stereocenters. The summed E-state index contributed by atoms with van der Waals surface area (Å²) in [5, 5.41) is 0. The van der Waals surface area contributed by atoms with Crippen LogP contribution >= 0.6 is 0 Å². The Morgan fingerprint density at radius 2 is 1.74 bits per heavy atom. The van der Waals surface area contributed by atoms with Crippen molar-refractivity contribution in [2.24, 2.45) is 11.8 Å². The zero-order valence-electron chi connectivity index (χ0n) is 25.0. The lowest BCUT2D eigenvalue weighted by molar-refractivity contribution is -0.120. The van der Waals surface area contributed by atoms with Crippen molar-refractivity contribution in [1.29, 1.82) is 0 Å². The number of hydrogen-bond donors (Lipinski definition) is 0. The molecular formula is C36H52O2. The first kappa shape index (κ1) is 30.2. The summed E-state index contributed by atoms with van der Waals surface area (Å²) in [6.07, 6.45) is 14.5. The van der Waals surface area contributed by atoms with Gasteiger partial charge in [-0.2, -0.15) is 0 Å². The predicted octanol–water partition coefficient (Wildman–Crippen LogP) is 10.3. The first-order chi connectivity index (χ1) is 18.5. The maximum absolute atomic E-state index is 13.0. The zero-order valence-corrected chi connectivity index (χ0v) is 25.0. The average molecular weight is 517 g/mol. The molecule has 0 amide bonds. The van der Waals surface area contributed by atoms with E-state index in [0.717, 1.165) is 31.4 Å². The number of ketones is 1. The lowest BCUT2D eigenvalue weighted by atomic mass is 9.64. The van der Waals surface area contributed by atoms with E-state index >= 15 is 0 Å². The minimum atomic E-state index is 0.319. The van der Waals surface area contributed by atoms with Crippen LogP contribution in [0.15, 0.2) is 54.6 Å². The Labute approximate surface area is 233 Å². The predicted molar refractivity (Wildman–Crippen MR) is 163 cm³/mol. The van der Waals surface area contributed by atoms with Crippen LogP contribution in [0.4, 0.5) is 0 Å². The number of carbonyl (C=O) groups is 1. The Morgan fingerprint density at radius 3 is 2.37 bits per heavy atom. The number of hydrogen-bond acceptors (Lipinski definition) is 2. The highest BCUT2D eigenvalue weighted by Crippen LogP contribution is 2.46. The largest absolute Gasteiger partial charge is 0.497 e. The van der Waals surface area contributed by atoms with Gasteiger partial charge in [-0.15, -0.1) is 0 Å². The van der Waals surface area contributed by atoms with Crippen molar-refractivity contribution in [3.63, 3.8) is 0 Å². The van der Waals surface area contributed by atoms with Crippen LogP contribution in [0.2, 0.25) is 0 Å². The highest BCUT2D eigenvalue weighted by atomic mass is 16.5. The molecule has 2 aromatic rings. The lowest BCUT2D eigenvalue weighted by Gasteiger charge is -2.40. The molecule has 1 fully saturated rings. The first-order valence-electron chi connectivity index (χ1n) is 15.5. The molecule has 0 aromatic heterocycles. The minimum absolute atomic E-state index is 0.319. The molecule has 0 radical (unpaired) electrons. The summed E-state index contributed by atoms with van der Waals surface area (Å²) in [5.41, 5.74) is 6.08. The molecule has 2 aliphatic rings. The summed E-state index contributed by atoms with van der Waals surface area (Å²) >= 11 is 0. The van der Waals surface area contributed by atoms with E-state index in [9.17, 15) is 4.79 Å². The van der Waals surface area contributed by atoms with E-state index in [1.165, 1.54) is 67.2 Å². The van der Waals surface area contributed by atoms with Crippen molar-refractivity contribution in [3.05, 3.63) is 71.3 Å². The molecule has 2 heteroatoms. The number of ether oxygens (including phenoxy) is 1. The highest BCUT2D eigenvalue weighted by Gasteiger charge is 2.35. The molecule has 1 saturated carbocycles. The number of carbonyl (C=O) groups excluding carboxylic acids is 1. The van der Waals surface area contributed by atoms with Crippen LogP contribution in [0, 0.1) is 11.8 Å². The van der Waals surface area contributed by atoms with Gasteiger partial charge in [0.1, 0.15) is 11.5 Å². The van der Waals surface area contributed by atoms with Crippen molar-refractivity contribution in [1.82, 2.24) is 0 Å². The van der Waals surface area contributed by atoms with Crippen LogP contribution in [0.3, 0.4) is 0 Å². The second kappa shape index (κ2) is 14.7. The minimum Gasteiger partial charge on any atom is -0.497 e. The number of Topliss-reactive ketones (excluding diaryl/α,β-unsaturated/α-hetero) is 1. The number of allylic oxidation sites excluding steroid dienone is 2. The van der Waals surface area contributed by atoms with E-state index < -0.39 is 0 Å². The van der Waals surface area contributed by atoms with Gasteiger partial charge < -0.3 is 4.74 Å². The Hall–Kier alpha value is -2.35. The van der Waals surface area contributed by atoms with Crippen LogP contribution in [-0.2, 0) is 10.2 Å². The first-order valence-corrected chi connectivity index (χ1v) is 15.5. The van der Waals surface area contributed by atoms with E-state index in [4.69, 9.17) is 4.74 Å². The molecule has 0 spiro atoms. The SMILES string of the molecule is CC.CCCC(CCCC(=O)CC1CCC(CC)(c2ccccc2)CC1)C1=CC(C)c2ccc(OC)cc21. The summed E-state index contributed by atoms with van der Waals surface area (Å²) in [5.74, 6) is 2.98. The third-order valence-electron chi connectivity index (χ3n) is 9.22. The fourth-order valence-corrected chi connectivity index (χ4v) is 6.96. The number of methoxy groups -OCH3 is 1. The third-order valence-corrected chi connectivity index (χ3v) is 9.22. The number of rotatable bonds is 12. The fraction of sp³-hybridized carbons (Fsp3) is 0.583. The standard InChI is InChI=1S/C34H46O2.C2H6/c1-5-11-27(32-22-25(3)31-17-16-30(36-4)24-33(31)32)12-10-15-29(35)23-26-18-20-34(6-2,21-19-26)28-13-8-7-9-14-28;1-2/h7-9,13-14,16-17,22,24-27H,5-6,10-12,15,18-21,23H2,1-4H3;1-2H3. The van der Waals surface area contributed by atoms with Crippen LogP contribution in [-0.4, -0.2) is 12.9 Å². The smallest absolute Gasteiger partial charge is 0.133 e. The normalized spacial score (nSPS) is 23.1.